The van der Waals surface area contributed by atoms with Gasteiger partial charge in [0.15, 0.2) is 5.13 Å². The number of nitrogens with one attached hydrogen (secondary N) is 1. The van der Waals surface area contributed by atoms with E-state index in [9.17, 15) is 4.79 Å². The predicted molar refractivity (Wildman–Crippen MR) is 79.2 cm³/mol. The lowest BCUT2D eigenvalue weighted by Gasteiger charge is -2.13. The first-order valence-electron chi connectivity index (χ1n) is 6.60. The van der Waals surface area contributed by atoms with Crippen LogP contribution in [0, 0.1) is 11.8 Å². The summed E-state index contributed by atoms with van der Waals surface area (Å²) in [7, 11) is 0. The molecule has 1 aromatic heterocycles. The largest absolute Gasteiger partial charge is 0.399 e. The van der Waals surface area contributed by atoms with Gasteiger partial charge in [-0.15, -0.1) is 0 Å². The van der Waals surface area contributed by atoms with Crippen LogP contribution in [0.25, 0.3) is 10.2 Å². The molecule has 1 aromatic carbocycles. The molecule has 1 aliphatic rings. The van der Waals surface area contributed by atoms with Crippen molar-refractivity contribution in [2.75, 3.05) is 11.1 Å². The molecule has 100 valence electrons. The highest BCUT2D eigenvalue weighted by Crippen LogP contribution is 2.33. The van der Waals surface area contributed by atoms with Crippen molar-refractivity contribution < 1.29 is 4.79 Å². The molecule has 3 rings (SSSR count). The predicted octanol–water partition coefficient (Wildman–Crippen LogP) is 3.25. The highest BCUT2D eigenvalue weighted by molar-refractivity contribution is 7.22. The Labute approximate surface area is 116 Å². The third-order valence-corrected chi connectivity index (χ3v) is 4.77. The van der Waals surface area contributed by atoms with Crippen LogP contribution in [0.2, 0.25) is 0 Å². The standard InChI is InChI=1S/C14H17N3OS/c1-8-3-2-4-10(8)13(18)17-14-16-11-6-5-9(15)7-12(11)19-14/h5-8,10H,2-4,15H2,1H3,(H,16,17,18). The monoisotopic (exact) mass is 275 g/mol. The number of hydrogen-bond donors (Lipinski definition) is 2. The van der Waals surface area contributed by atoms with E-state index >= 15 is 0 Å². The minimum Gasteiger partial charge on any atom is -0.399 e. The molecule has 3 N–H and O–H groups in total. The second-order valence-corrected chi connectivity index (χ2v) is 6.28. The number of fused-ring (bicyclic) bond motifs is 1. The summed E-state index contributed by atoms with van der Waals surface area (Å²) in [6.45, 7) is 2.15. The molecule has 0 aliphatic heterocycles. The first-order chi connectivity index (χ1) is 9.13. The Hall–Kier alpha value is -1.62. The van der Waals surface area contributed by atoms with Crippen molar-refractivity contribution in [1.82, 2.24) is 4.98 Å². The zero-order valence-electron chi connectivity index (χ0n) is 10.8. The molecule has 1 heterocycles. The maximum Gasteiger partial charge on any atom is 0.229 e. The van der Waals surface area contributed by atoms with Gasteiger partial charge in [0.05, 0.1) is 10.2 Å². The quantitative estimate of drug-likeness (QED) is 0.827. The SMILES string of the molecule is CC1CCCC1C(=O)Nc1nc2ccc(N)cc2s1. The number of amides is 1. The minimum atomic E-state index is 0.108. The van der Waals surface area contributed by atoms with Gasteiger partial charge in [-0.3, -0.25) is 4.79 Å². The molecule has 1 aliphatic carbocycles. The van der Waals surface area contributed by atoms with Crippen molar-refractivity contribution in [2.45, 2.75) is 26.2 Å². The third-order valence-electron chi connectivity index (χ3n) is 3.84. The summed E-state index contributed by atoms with van der Waals surface area (Å²) >= 11 is 1.48. The Morgan fingerprint density at radius 2 is 2.32 bits per heavy atom. The fraction of sp³-hybridized carbons (Fsp3) is 0.429. The van der Waals surface area contributed by atoms with Gasteiger partial charge in [-0.25, -0.2) is 4.98 Å². The van der Waals surface area contributed by atoms with Crippen LogP contribution < -0.4 is 11.1 Å². The minimum absolute atomic E-state index is 0.108. The van der Waals surface area contributed by atoms with E-state index in [0.717, 1.165) is 35.2 Å². The van der Waals surface area contributed by atoms with E-state index in [0.29, 0.717) is 11.0 Å². The van der Waals surface area contributed by atoms with Crippen LogP contribution in [0.15, 0.2) is 18.2 Å². The van der Waals surface area contributed by atoms with Crippen molar-refractivity contribution in [3.8, 4) is 0 Å². The summed E-state index contributed by atoms with van der Waals surface area (Å²) in [4.78, 5) is 16.6. The van der Waals surface area contributed by atoms with E-state index in [-0.39, 0.29) is 11.8 Å². The molecule has 2 aromatic rings. The molecular weight excluding hydrogens is 258 g/mol. The Morgan fingerprint density at radius 3 is 3.05 bits per heavy atom. The van der Waals surface area contributed by atoms with Crippen molar-refractivity contribution in [1.29, 1.82) is 0 Å². The van der Waals surface area contributed by atoms with E-state index in [4.69, 9.17) is 5.73 Å². The molecule has 4 nitrogen and oxygen atoms in total. The summed E-state index contributed by atoms with van der Waals surface area (Å²) in [6.07, 6.45) is 3.29. The average molecular weight is 275 g/mol. The normalized spacial score (nSPS) is 22.8. The molecule has 1 fully saturated rings. The van der Waals surface area contributed by atoms with Crippen molar-refractivity contribution >= 4 is 38.3 Å². The van der Waals surface area contributed by atoms with Gasteiger partial charge < -0.3 is 11.1 Å². The van der Waals surface area contributed by atoms with E-state index in [2.05, 4.69) is 17.2 Å². The molecular formula is C14H17N3OS. The van der Waals surface area contributed by atoms with Gasteiger partial charge in [0.1, 0.15) is 0 Å². The van der Waals surface area contributed by atoms with Crippen LogP contribution in [0.4, 0.5) is 10.8 Å². The van der Waals surface area contributed by atoms with Crippen LogP contribution in [0.1, 0.15) is 26.2 Å². The number of nitrogens with zero attached hydrogens (tertiary/aromatic N) is 1. The smallest absolute Gasteiger partial charge is 0.229 e. The highest BCUT2D eigenvalue weighted by Gasteiger charge is 2.30. The van der Waals surface area contributed by atoms with E-state index < -0.39 is 0 Å². The molecule has 0 saturated heterocycles. The number of rotatable bonds is 2. The Balaban J connectivity index is 1.79. The highest BCUT2D eigenvalue weighted by atomic mass is 32.1. The molecule has 0 bridgehead atoms. The van der Waals surface area contributed by atoms with Gasteiger partial charge in [0.2, 0.25) is 5.91 Å². The Kier molecular flexibility index (Phi) is 3.14. The van der Waals surface area contributed by atoms with Crippen LogP contribution in [-0.2, 0) is 4.79 Å². The number of carbonyl (C=O) groups excluding carboxylic acids is 1. The summed E-state index contributed by atoms with van der Waals surface area (Å²) in [6, 6.07) is 5.60. The van der Waals surface area contributed by atoms with Crippen molar-refractivity contribution in [3.05, 3.63) is 18.2 Å². The van der Waals surface area contributed by atoms with Crippen LogP contribution >= 0.6 is 11.3 Å². The second kappa shape index (κ2) is 4.81. The van der Waals surface area contributed by atoms with Crippen LogP contribution in [0.5, 0.6) is 0 Å². The average Bonchev–Trinajstić information content (AvgIpc) is 2.94. The number of nitrogen functional groups attached to an aromatic ring is 1. The number of thiazole rings is 1. The second-order valence-electron chi connectivity index (χ2n) is 5.25. The summed E-state index contributed by atoms with van der Waals surface area (Å²) < 4.78 is 1.01. The van der Waals surface area contributed by atoms with Crippen molar-refractivity contribution in [3.63, 3.8) is 0 Å². The molecule has 0 radical (unpaired) electrons. The topological polar surface area (TPSA) is 68.0 Å². The number of anilines is 2. The number of aromatic nitrogens is 1. The summed E-state index contributed by atoms with van der Waals surface area (Å²) in [5, 5.41) is 3.62. The lowest BCUT2D eigenvalue weighted by atomic mass is 9.97. The lowest BCUT2D eigenvalue weighted by Crippen LogP contribution is -2.24. The van der Waals surface area contributed by atoms with Gasteiger partial charge in [0, 0.05) is 11.6 Å². The molecule has 2 unspecified atom stereocenters. The summed E-state index contributed by atoms with van der Waals surface area (Å²) in [5.74, 6) is 0.721. The first kappa shape index (κ1) is 12.4. The molecule has 2 atom stereocenters. The van der Waals surface area contributed by atoms with Crippen LogP contribution in [-0.4, -0.2) is 10.9 Å². The van der Waals surface area contributed by atoms with Gasteiger partial charge in [0.25, 0.3) is 0 Å². The molecule has 19 heavy (non-hydrogen) atoms. The van der Waals surface area contributed by atoms with Gasteiger partial charge in [-0.05, 0) is 37.0 Å². The summed E-state index contributed by atoms with van der Waals surface area (Å²) in [5.41, 5.74) is 7.35. The number of benzene rings is 1. The van der Waals surface area contributed by atoms with Crippen molar-refractivity contribution in [2.24, 2.45) is 11.8 Å². The molecule has 0 spiro atoms. The number of nitrogens with two attached hydrogens (primary N) is 1. The lowest BCUT2D eigenvalue weighted by molar-refractivity contribution is -0.120. The molecule has 5 heteroatoms. The zero-order chi connectivity index (χ0) is 13.4. The fourth-order valence-corrected chi connectivity index (χ4v) is 3.64. The Bertz CT molecular complexity index is 622. The first-order valence-corrected chi connectivity index (χ1v) is 7.42. The maximum absolute atomic E-state index is 12.2. The Morgan fingerprint density at radius 1 is 1.47 bits per heavy atom. The third kappa shape index (κ3) is 2.42. The molecule has 1 amide bonds. The van der Waals surface area contributed by atoms with Crippen LogP contribution in [0.3, 0.4) is 0 Å². The number of carbonyl (C=O) groups is 1. The van der Waals surface area contributed by atoms with Gasteiger partial charge in [-0.2, -0.15) is 0 Å². The van der Waals surface area contributed by atoms with Gasteiger partial charge >= 0.3 is 0 Å². The van der Waals surface area contributed by atoms with E-state index in [1.165, 1.54) is 11.3 Å². The molecule has 1 saturated carbocycles. The van der Waals surface area contributed by atoms with Gasteiger partial charge in [-0.1, -0.05) is 24.7 Å². The van der Waals surface area contributed by atoms with E-state index in [1.807, 2.05) is 18.2 Å². The zero-order valence-corrected chi connectivity index (χ0v) is 11.7. The number of hydrogen-bond acceptors (Lipinski definition) is 4. The van der Waals surface area contributed by atoms with E-state index in [1.54, 1.807) is 0 Å². The maximum atomic E-state index is 12.2. The fourth-order valence-electron chi connectivity index (χ4n) is 2.73.